The Morgan fingerprint density at radius 3 is 2.58 bits per heavy atom. The molecular weight excluding hydrogens is 296 g/mol. The highest BCUT2D eigenvalue weighted by atomic mass is 16.1. The number of hydrogen-bond donors (Lipinski definition) is 1. The van der Waals surface area contributed by atoms with Crippen LogP contribution in [-0.4, -0.2) is 31.4 Å². The standard InChI is InChI=1S/C21H26N2O/c1-23(2)20(18-7-4-3-5-8-18)15-22-21(24)14-16-11-12-17-9-6-10-19(17)13-16/h3-5,7-8,11-13,20H,6,9-10,14-15H2,1-2H3,(H,22,24). The first-order valence-corrected chi connectivity index (χ1v) is 8.72. The van der Waals surface area contributed by atoms with E-state index in [4.69, 9.17) is 0 Å². The molecule has 0 bridgehead atoms. The van der Waals surface area contributed by atoms with Crippen LogP contribution < -0.4 is 5.32 Å². The minimum absolute atomic E-state index is 0.0933. The van der Waals surface area contributed by atoms with Gasteiger partial charge in [0.25, 0.3) is 0 Å². The van der Waals surface area contributed by atoms with E-state index in [2.05, 4.69) is 40.5 Å². The molecule has 2 aromatic rings. The topological polar surface area (TPSA) is 32.3 Å². The van der Waals surface area contributed by atoms with Crippen LogP contribution in [0.25, 0.3) is 0 Å². The lowest BCUT2D eigenvalue weighted by molar-refractivity contribution is -0.120. The minimum Gasteiger partial charge on any atom is -0.354 e. The third-order valence-corrected chi connectivity index (χ3v) is 4.83. The molecule has 1 unspecified atom stereocenters. The number of amides is 1. The van der Waals surface area contributed by atoms with Crippen molar-refractivity contribution in [1.82, 2.24) is 10.2 Å². The van der Waals surface area contributed by atoms with Gasteiger partial charge in [0.15, 0.2) is 0 Å². The van der Waals surface area contributed by atoms with E-state index in [0.717, 1.165) is 12.0 Å². The highest BCUT2D eigenvalue weighted by molar-refractivity contribution is 5.78. The predicted molar refractivity (Wildman–Crippen MR) is 98.1 cm³/mol. The lowest BCUT2D eigenvalue weighted by Gasteiger charge is -2.25. The summed E-state index contributed by atoms with van der Waals surface area (Å²) in [5.74, 6) is 0.0933. The molecule has 1 amide bonds. The first kappa shape index (κ1) is 16.7. The lowest BCUT2D eigenvalue weighted by atomic mass is 10.0. The smallest absolute Gasteiger partial charge is 0.224 e. The first-order chi connectivity index (χ1) is 11.6. The van der Waals surface area contributed by atoms with E-state index in [1.165, 1.54) is 29.5 Å². The average molecular weight is 322 g/mol. The molecule has 0 aromatic heterocycles. The molecule has 3 nitrogen and oxygen atoms in total. The molecule has 1 N–H and O–H groups in total. The molecule has 0 fully saturated rings. The van der Waals surface area contributed by atoms with Gasteiger partial charge in [-0.2, -0.15) is 0 Å². The zero-order valence-corrected chi connectivity index (χ0v) is 14.6. The van der Waals surface area contributed by atoms with Crippen molar-refractivity contribution in [2.24, 2.45) is 0 Å². The van der Waals surface area contributed by atoms with Gasteiger partial charge in [-0.1, -0.05) is 48.5 Å². The van der Waals surface area contributed by atoms with Crippen molar-refractivity contribution in [3.8, 4) is 0 Å². The van der Waals surface area contributed by atoms with E-state index in [1.807, 2.05) is 32.3 Å². The summed E-state index contributed by atoms with van der Waals surface area (Å²) in [5, 5.41) is 3.10. The maximum atomic E-state index is 12.3. The molecule has 0 saturated carbocycles. The zero-order chi connectivity index (χ0) is 16.9. The lowest BCUT2D eigenvalue weighted by Crippen LogP contribution is -2.35. The Balaban J connectivity index is 1.58. The number of rotatable bonds is 6. The number of carbonyl (C=O) groups is 1. The summed E-state index contributed by atoms with van der Waals surface area (Å²) in [6, 6.07) is 17.0. The molecule has 3 heteroatoms. The maximum absolute atomic E-state index is 12.3. The quantitative estimate of drug-likeness (QED) is 0.886. The Morgan fingerprint density at radius 1 is 1.08 bits per heavy atom. The monoisotopic (exact) mass is 322 g/mol. The Bertz CT molecular complexity index is 694. The van der Waals surface area contributed by atoms with E-state index in [-0.39, 0.29) is 11.9 Å². The van der Waals surface area contributed by atoms with Crippen molar-refractivity contribution in [2.75, 3.05) is 20.6 Å². The van der Waals surface area contributed by atoms with Gasteiger partial charge in [0.1, 0.15) is 0 Å². The fraction of sp³-hybridized carbons (Fsp3) is 0.381. The van der Waals surface area contributed by atoms with Gasteiger partial charge >= 0.3 is 0 Å². The van der Waals surface area contributed by atoms with Crippen LogP contribution in [0.3, 0.4) is 0 Å². The predicted octanol–water partition coefficient (Wildman–Crippen LogP) is 3.14. The van der Waals surface area contributed by atoms with Crippen molar-refractivity contribution in [3.63, 3.8) is 0 Å². The Kier molecular flexibility index (Phi) is 5.31. The van der Waals surface area contributed by atoms with Crippen molar-refractivity contribution in [1.29, 1.82) is 0 Å². The third-order valence-electron chi connectivity index (χ3n) is 4.83. The summed E-state index contributed by atoms with van der Waals surface area (Å²) >= 11 is 0. The number of fused-ring (bicyclic) bond motifs is 1. The summed E-state index contributed by atoms with van der Waals surface area (Å²) in [4.78, 5) is 14.5. The van der Waals surface area contributed by atoms with Gasteiger partial charge in [0.2, 0.25) is 5.91 Å². The van der Waals surface area contributed by atoms with Crippen LogP contribution in [0, 0.1) is 0 Å². The average Bonchev–Trinajstić information content (AvgIpc) is 3.03. The number of carbonyl (C=O) groups excluding carboxylic acids is 1. The molecule has 0 aliphatic heterocycles. The highest BCUT2D eigenvalue weighted by Gasteiger charge is 2.16. The van der Waals surface area contributed by atoms with Crippen molar-refractivity contribution in [2.45, 2.75) is 31.7 Å². The summed E-state index contributed by atoms with van der Waals surface area (Å²) in [6.07, 6.45) is 4.04. The summed E-state index contributed by atoms with van der Waals surface area (Å²) in [7, 11) is 4.09. The molecule has 0 saturated heterocycles. The van der Waals surface area contributed by atoms with Crippen molar-refractivity contribution in [3.05, 3.63) is 70.8 Å². The number of aryl methyl sites for hydroxylation is 2. The molecule has 126 valence electrons. The number of likely N-dealkylation sites (N-methyl/N-ethyl adjacent to an activating group) is 1. The van der Waals surface area contributed by atoms with Gasteiger partial charge in [-0.25, -0.2) is 0 Å². The van der Waals surface area contributed by atoms with Crippen LogP contribution in [-0.2, 0) is 24.1 Å². The van der Waals surface area contributed by atoms with Gasteiger partial charge < -0.3 is 10.2 Å². The largest absolute Gasteiger partial charge is 0.354 e. The summed E-state index contributed by atoms with van der Waals surface area (Å²) < 4.78 is 0. The van der Waals surface area contributed by atoms with E-state index in [1.54, 1.807) is 0 Å². The molecular formula is C21H26N2O. The number of benzene rings is 2. The van der Waals surface area contributed by atoms with Crippen LogP contribution in [0.4, 0.5) is 0 Å². The van der Waals surface area contributed by atoms with Crippen molar-refractivity contribution < 1.29 is 4.79 Å². The Labute approximate surface area is 144 Å². The first-order valence-electron chi connectivity index (χ1n) is 8.72. The number of hydrogen-bond acceptors (Lipinski definition) is 2. The second-order valence-electron chi connectivity index (χ2n) is 6.83. The molecule has 2 aromatic carbocycles. The molecule has 0 spiro atoms. The van der Waals surface area contributed by atoms with Gasteiger partial charge in [-0.3, -0.25) is 4.79 Å². The van der Waals surface area contributed by atoms with E-state index < -0.39 is 0 Å². The molecule has 1 atom stereocenters. The minimum atomic E-state index is 0.0933. The Hall–Kier alpha value is -2.13. The van der Waals surface area contributed by atoms with E-state index in [9.17, 15) is 4.79 Å². The SMILES string of the molecule is CN(C)C(CNC(=O)Cc1ccc2c(c1)CCC2)c1ccccc1. The van der Waals surface area contributed by atoms with Crippen LogP contribution in [0.2, 0.25) is 0 Å². The zero-order valence-electron chi connectivity index (χ0n) is 14.6. The van der Waals surface area contributed by atoms with Gasteiger partial charge in [-0.05, 0) is 55.6 Å². The molecule has 3 rings (SSSR count). The fourth-order valence-electron chi connectivity index (χ4n) is 3.47. The van der Waals surface area contributed by atoms with Crippen LogP contribution in [0.5, 0.6) is 0 Å². The van der Waals surface area contributed by atoms with Gasteiger partial charge in [0.05, 0.1) is 12.5 Å². The van der Waals surface area contributed by atoms with Gasteiger partial charge in [0, 0.05) is 6.54 Å². The van der Waals surface area contributed by atoms with E-state index in [0.29, 0.717) is 13.0 Å². The summed E-state index contributed by atoms with van der Waals surface area (Å²) in [6.45, 7) is 0.626. The van der Waals surface area contributed by atoms with E-state index >= 15 is 0 Å². The van der Waals surface area contributed by atoms with Gasteiger partial charge in [-0.15, -0.1) is 0 Å². The molecule has 1 aliphatic carbocycles. The van der Waals surface area contributed by atoms with Crippen LogP contribution in [0.15, 0.2) is 48.5 Å². The molecule has 0 radical (unpaired) electrons. The Morgan fingerprint density at radius 2 is 1.83 bits per heavy atom. The molecule has 24 heavy (non-hydrogen) atoms. The fourth-order valence-corrected chi connectivity index (χ4v) is 3.47. The van der Waals surface area contributed by atoms with Crippen LogP contribution in [0.1, 0.15) is 34.7 Å². The third kappa shape index (κ3) is 4.04. The van der Waals surface area contributed by atoms with Crippen LogP contribution >= 0.6 is 0 Å². The second-order valence-corrected chi connectivity index (χ2v) is 6.83. The normalized spacial score (nSPS) is 14.5. The molecule has 0 heterocycles. The van der Waals surface area contributed by atoms with Crippen molar-refractivity contribution >= 4 is 5.91 Å². The second kappa shape index (κ2) is 7.63. The maximum Gasteiger partial charge on any atom is 0.224 e. The highest BCUT2D eigenvalue weighted by Crippen LogP contribution is 2.23. The summed E-state index contributed by atoms with van der Waals surface area (Å²) in [5.41, 5.74) is 5.22. The molecule has 1 aliphatic rings. The number of nitrogens with one attached hydrogen (secondary N) is 1. The number of nitrogens with zero attached hydrogens (tertiary/aromatic N) is 1.